The quantitative estimate of drug-likeness (QED) is 0.337. The Hall–Kier alpha value is -2.45. The molecule has 148 valence electrons. The number of pyridine rings is 1. The first-order valence-electron chi connectivity index (χ1n) is 10.3. The van der Waals surface area contributed by atoms with E-state index in [-0.39, 0.29) is 5.41 Å². The minimum atomic E-state index is 0.128. The zero-order valence-corrected chi connectivity index (χ0v) is 19.0. The molecule has 2 heteroatoms. The van der Waals surface area contributed by atoms with Gasteiger partial charge in [0.05, 0.1) is 15.9 Å². The summed E-state index contributed by atoms with van der Waals surface area (Å²) in [5.41, 5.74) is 8.74. The van der Waals surface area contributed by atoms with Crippen LogP contribution in [0.1, 0.15) is 57.2 Å². The van der Waals surface area contributed by atoms with Gasteiger partial charge in [0.1, 0.15) is 0 Å². The van der Waals surface area contributed by atoms with Crippen LogP contribution in [0.3, 0.4) is 0 Å². The molecule has 2 aromatic carbocycles. The van der Waals surface area contributed by atoms with Gasteiger partial charge in [0.15, 0.2) is 0 Å². The first kappa shape index (κ1) is 19.8. The topological polar surface area (TPSA) is 12.9 Å². The maximum atomic E-state index is 5.01. The summed E-state index contributed by atoms with van der Waals surface area (Å²) in [6.45, 7) is 13.4. The van der Waals surface area contributed by atoms with Crippen LogP contribution < -0.4 is 0 Å². The second-order valence-corrected chi connectivity index (χ2v) is 10.4. The highest BCUT2D eigenvalue weighted by Gasteiger charge is 2.16. The van der Waals surface area contributed by atoms with Crippen molar-refractivity contribution in [3.63, 3.8) is 0 Å². The van der Waals surface area contributed by atoms with Crippen molar-refractivity contribution in [3.8, 4) is 21.7 Å². The van der Waals surface area contributed by atoms with E-state index in [1.54, 1.807) is 0 Å². The molecule has 0 aliphatic heterocycles. The molecule has 1 nitrogen and oxygen atoms in total. The Labute approximate surface area is 178 Å². The summed E-state index contributed by atoms with van der Waals surface area (Å²) in [4.78, 5) is 6.29. The molecule has 0 saturated carbocycles. The fraction of sp³-hybridized carbons (Fsp3) is 0.296. The number of aryl methyl sites for hydroxylation is 1. The Balaban J connectivity index is 1.73. The van der Waals surface area contributed by atoms with Gasteiger partial charge in [0, 0.05) is 10.4 Å². The second-order valence-electron chi connectivity index (χ2n) is 9.30. The van der Waals surface area contributed by atoms with E-state index in [1.807, 2.05) is 11.3 Å². The molecule has 0 N–H and O–H groups in total. The van der Waals surface area contributed by atoms with Gasteiger partial charge in [0.25, 0.3) is 0 Å². The number of fused-ring (bicyclic) bond motifs is 1. The molecule has 0 unspecified atom stereocenters. The van der Waals surface area contributed by atoms with Crippen molar-refractivity contribution >= 4 is 21.6 Å². The molecule has 0 fully saturated rings. The highest BCUT2D eigenvalue weighted by Crippen LogP contribution is 2.35. The second kappa shape index (κ2) is 7.42. The summed E-state index contributed by atoms with van der Waals surface area (Å²) in [6, 6.07) is 22.4. The summed E-state index contributed by atoms with van der Waals surface area (Å²) < 4.78 is 1.24. The number of hydrogen-bond donors (Lipinski definition) is 0. The Bertz CT molecular complexity index is 1160. The Morgan fingerprint density at radius 2 is 1.55 bits per heavy atom. The number of hydrogen-bond acceptors (Lipinski definition) is 2. The van der Waals surface area contributed by atoms with Gasteiger partial charge < -0.3 is 0 Å². The predicted molar refractivity (Wildman–Crippen MR) is 128 cm³/mol. The molecule has 0 spiro atoms. The fourth-order valence-electron chi connectivity index (χ4n) is 3.62. The van der Waals surface area contributed by atoms with E-state index in [9.17, 15) is 0 Å². The van der Waals surface area contributed by atoms with Crippen molar-refractivity contribution in [2.45, 2.75) is 52.9 Å². The lowest BCUT2D eigenvalue weighted by molar-refractivity contribution is 0.590. The van der Waals surface area contributed by atoms with Crippen molar-refractivity contribution in [3.05, 3.63) is 77.4 Å². The molecule has 0 radical (unpaired) electrons. The summed E-state index contributed by atoms with van der Waals surface area (Å²) in [5, 5.41) is 0. The standard InChI is InChI=1S/C27H29NS/c1-17(2)19-7-9-20(10-8-19)26-16-24-25(29-26)12-11-23(28-24)21-13-18(3)14-22(15-21)27(4,5)6/h7-17H,1-6H3. The van der Waals surface area contributed by atoms with Gasteiger partial charge in [0.2, 0.25) is 0 Å². The van der Waals surface area contributed by atoms with Crippen molar-refractivity contribution in [1.29, 1.82) is 0 Å². The molecule has 0 atom stereocenters. The largest absolute Gasteiger partial charge is 0.247 e. The molecule has 0 aliphatic rings. The molecular formula is C27H29NS. The van der Waals surface area contributed by atoms with Crippen molar-refractivity contribution in [1.82, 2.24) is 4.98 Å². The zero-order chi connectivity index (χ0) is 20.8. The monoisotopic (exact) mass is 399 g/mol. The maximum absolute atomic E-state index is 5.01. The summed E-state index contributed by atoms with van der Waals surface area (Å²) in [6.07, 6.45) is 0. The predicted octanol–water partition coefficient (Wildman–Crippen LogP) is 8.36. The van der Waals surface area contributed by atoms with Crippen molar-refractivity contribution in [2.75, 3.05) is 0 Å². The zero-order valence-electron chi connectivity index (χ0n) is 18.2. The first-order chi connectivity index (χ1) is 13.7. The van der Waals surface area contributed by atoms with Gasteiger partial charge >= 0.3 is 0 Å². The molecule has 0 saturated heterocycles. The van der Waals surface area contributed by atoms with Gasteiger partial charge in [-0.1, -0.05) is 70.5 Å². The smallest absolute Gasteiger partial charge is 0.0823 e. The van der Waals surface area contributed by atoms with Crippen LogP contribution in [0, 0.1) is 6.92 Å². The number of rotatable bonds is 3. The van der Waals surface area contributed by atoms with Crippen LogP contribution in [0.2, 0.25) is 0 Å². The van der Waals surface area contributed by atoms with E-state index in [4.69, 9.17) is 4.98 Å². The minimum Gasteiger partial charge on any atom is -0.247 e. The van der Waals surface area contributed by atoms with E-state index < -0.39 is 0 Å². The number of benzene rings is 2. The molecule has 29 heavy (non-hydrogen) atoms. The van der Waals surface area contributed by atoms with Crippen LogP contribution in [0.25, 0.3) is 31.9 Å². The van der Waals surface area contributed by atoms with E-state index in [0.717, 1.165) is 11.2 Å². The third-order valence-electron chi connectivity index (χ3n) is 5.47. The molecular weight excluding hydrogens is 370 g/mol. The highest BCUT2D eigenvalue weighted by molar-refractivity contribution is 7.22. The van der Waals surface area contributed by atoms with Crippen LogP contribution >= 0.6 is 11.3 Å². The third kappa shape index (κ3) is 4.13. The van der Waals surface area contributed by atoms with E-state index in [2.05, 4.69) is 102 Å². The lowest BCUT2D eigenvalue weighted by Crippen LogP contribution is -2.11. The molecule has 0 aliphatic carbocycles. The van der Waals surface area contributed by atoms with Crippen LogP contribution in [0.4, 0.5) is 0 Å². The summed E-state index contributed by atoms with van der Waals surface area (Å²) >= 11 is 1.82. The molecule has 2 heterocycles. The van der Waals surface area contributed by atoms with E-state index in [1.165, 1.54) is 37.4 Å². The molecule has 4 rings (SSSR count). The average molecular weight is 400 g/mol. The van der Waals surface area contributed by atoms with Crippen molar-refractivity contribution < 1.29 is 0 Å². The van der Waals surface area contributed by atoms with Crippen LogP contribution in [-0.2, 0) is 5.41 Å². The highest BCUT2D eigenvalue weighted by atomic mass is 32.1. The lowest BCUT2D eigenvalue weighted by Gasteiger charge is -2.20. The van der Waals surface area contributed by atoms with Gasteiger partial charge in [-0.2, -0.15) is 0 Å². The first-order valence-corrected chi connectivity index (χ1v) is 11.2. The number of aromatic nitrogens is 1. The van der Waals surface area contributed by atoms with E-state index >= 15 is 0 Å². The fourth-order valence-corrected chi connectivity index (χ4v) is 4.63. The Kier molecular flexibility index (Phi) is 5.08. The Morgan fingerprint density at radius 1 is 0.828 bits per heavy atom. The average Bonchev–Trinajstić information content (AvgIpc) is 3.10. The number of nitrogens with zero attached hydrogens (tertiary/aromatic N) is 1. The van der Waals surface area contributed by atoms with Crippen molar-refractivity contribution in [2.24, 2.45) is 0 Å². The van der Waals surface area contributed by atoms with Crippen LogP contribution in [-0.4, -0.2) is 4.98 Å². The third-order valence-corrected chi connectivity index (χ3v) is 6.61. The van der Waals surface area contributed by atoms with Crippen LogP contribution in [0.15, 0.2) is 60.7 Å². The van der Waals surface area contributed by atoms with Gasteiger partial charge in [-0.15, -0.1) is 11.3 Å². The summed E-state index contributed by atoms with van der Waals surface area (Å²) in [7, 11) is 0. The number of thiophene rings is 1. The van der Waals surface area contributed by atoms with Gasteiger partial charge in [-0.25, -0.2) is 4.98 Å². The summed E-state index contributed by atoms with van der Waals surface area (Å²) in [5.74, 6) is 0.558. The molecule has 0 amide bonds. The molecule has 4 aromatic rings. The maximum Gasteiger partial charge on any atom is 0.0823 e. The molecule has 2 aromatic heterocycles. The lowest BCUT2D eigenvalue weighted by atomic mass is 9.85. The van der Waals surface area contributed by atoms with Gasteiger partial charge in [-0.05, 0) is 65.3 Å². The normalized spacial score (nSPS) is 12.1. The minimum absolute atomic E-state index is 0.128. The molecule has 0 bridgehead atoms. The van der Waals surface area contributed by atoms with Gasteiger partial charge in [-0.3, -0.25) is 0 Å². The Morgan fingerprint density at radius 3 is 2.21 bits per heavy atom. The van der Waals surface area contributed by atoms with Crippen LogP contribution in [0.5, 0.6) is 0 Å². The van der Waals surface area contributed by atoms with E-state index in [0.29, 0.717) is 5.92 Å². The SMILES string of the molecule is Cc1cc(-c2ccc3sc(-c4ccc(C(C)C)cc4)cc3n2)cc(C(C)(C)C)c1.